The third kappa shape index (κ3) is 5.09. The van der Waals surface area contributed by atoms with Crippen LogP contribution in [0.2, 0.25) is 0 Å². The summed E-state index contributed by atoms with van der Waals surface area (Å²) in [6.07, 6.45) is -10.7. The summed E-state index contributed by atoms with van der Waals surface area (Å²) in [7, 11) is -2.15. The number of nitrogens with zero attached hydrogens (tertiary/aromatic N) is 3. The second-order valence-electron chi connectivity index (χ2n) is 5.74. The van der Waals surface area contributed by atoms with Crippen molar-refractivity contribution >= 4 is 10.8 Å². The van der Waals surface area contributed by atoms with Gasteiger partial charge in [-0.3, -0.25) is 4.21 Å². The first-order valence-electron chi connectivity index (χ1n) is 7.61. The van der Waals surface area contributed by atoms with Gasteiger partial charge in [0, 0.05) is 16.2 Å². The van der Waals surface area contributed by atoms with E-state index in [-0.39, 0.29) is 10.5 Å². The van der Waals surface area contributed by atoms with E-state index in [1.54, 1.807) is 0 Å². The Bertz CT molecular complexity index is 941. The van der Waals surface area contributed by atoms with Gasteiger partial charge in [-0.2, -0.15) is 36.7 Å². The SMILES string of the molecule is Cc1cc(F)c(-c2cc(C(F)(F)F)n(CC#N)n2)cc1S(=O)CCC(F)(F)F. The number of alkyl halides is 6. The first-order chi connectivity index (χ1) is 12.8. The van der Waals surface area contributed by atoms with Crippen molar-refractivity contribution in [3.63, 3.8) is 0 Å². The maximum atomic E-state index is 14.3. The first kappa shape index (κ1) is 21.9. The van der Waals surface area contributed by atoms with E-state index in [0.717, 1.165) is 12.1 Å². The molecule has 0 saturated heterocycles. The summed E-state index contributed by atoms with van der Waals surface area (Å²) in [5.74, 6) is -1.75. The van der Waals surface area contributed by atoms with Crippen molar-refractivity contribution < 1.29 is 34.9 Å². The minimum Gasteiger partial charge on any atom is -0.254 e. The molecule has 1 heterocycles. The second kappa shape index (κ2) is 7.90. The fourth-order valence-corrected chi connectivity index (χ4v) is 3.68. The van der Waals surface area contributed by atoms with Gasteiger partial charge in [0.1, 0.15) is 18.1 Å². The fraction of sp³-hybridized carbons (Fsp3) is 0.375. The molecule has 0 aliphatic rings. The van der Waals surface area contributed by atoms with Gasteiger partial charge in [-0.15, -0.1) is 0 Å². The van der Waals surface area contributed by atoms with E-state index in [1.807, 2.05) is 0 Å². The summed E-state index contributed by atoms with van der Waals surface area (Å²) in [4.78, 5) is -0.135. The fourth-order valence-electron chi connectivity index (χ4n) is 2.38. The first-order valence-corrected chi connectivity index (χ1v) is 8.93. The van der Waals surface area contributed by atoms with Crippen LogP contribution in [-0.4, -0.2) is 25.9 Å². The molecule has 0 N–H and O–H groups in total. The van der Waals surface area contributed by atoms with Crippen LogP contribution < -0.4 is 0 Å². The largest absolute Gasteiger partial charge is 0.433 e. The predicted molar refractivity (Wildman–Crippen MR) is 84.9 cm³/mol. The lowest BCUT2D eigenvalue weighted by Gasteiger charge is -2.10. The number of benzene rings is 1. The number of hydrogen-bond donors (Lipinski definition) is 0. The molecule has 1 unspecified atom stereocenters. The molecule has 0 radical (unpaired) electrons. The molecule has 0 saturated carbocycles. The molecule has 0 bridgehead atoms. The van der Waals surface area contributed by atoms with Crippen molar-refractivity contribution in [2.75, 3.05) is 5.75 Å². The van der Waals surface area contributed by atoms with Crippen LogP contribution in [0.3, 0.4) is 0 Å². The Morgan fingerprint density at radius 2 is 1.82 bits per heavy atom. The van der Waals surface area contributed by atoms with Crippen LogP contribution in [0.4, 0.5) is 30.7 Å². The Hall–Kier alpha value is -2.42. The van der Waals surface area contributed by atoms with E-state index in [9.17, 15) is 34.9 Å². The molecule has 0 aliphatic heterocycles. The summed E-state index contributed by atoms with van der Waals surface area (Å²) in [6.45, 7) is 0.579. The van der Waals surface area contributed by atoms with Crippen molar-refractivity contribution in [2.45, 2.75) is 37.1 Å². The maximum absolute atomic E-state index is 14.3. The lowest BCUT2D eigenvalue weighted by atomic mass is 10.1. The third-order valence-electron chi connectivity index (χ3n) is 3.65. The van der Waals surface area contributed by atoms with Crippen LogP contribution in [-0.2, 0) is 23.5 Å². The van der Waals surface area contributed by atoms with E-state index in [2.05, 4.69) is 5.10 Å². The monoisotopic (exact) mass is 427 g/mol. The minimum absolute atomic E-state index is 0.0919. The van der Waals surface area contributed by atoms with Crippen LogP contribution in [0.15, 0.2) is 23.1 Å². The molecular weight excluding hydrogens is 415 g/mol. The molecule has 0 fully saturated rings. The molecule has 2 aromatic rings. The second-order valence-corrected chi connectivity index (χ2v) is 7.28. The smallest absolute Gasteiger partial charge is 0.254 e. The van der Waals surface area contributed by atoms with Crippen molar-refractivity contribution in [1.82, 2.24) is 9.78 Å². The predicted octanol–water partition coefficient (Wildman–Crippen LogP) is 4.60. The van der Waals surface area contributed by atoms with Gasteiger partial charge in [-0.25, -0.2) is 9.07 Å². The van der Waals surface area contributed by atoms with Crippen LogP contribution in [0, 0.1) is 24.1 Å². The lowest BCUT2D eigenvalue weighted by Crippen LogP contribution is -2.14. The number of halogens is 7. The average molecular weight is 427 g/mol. The van der Waals surface area contributed by atoms with Crippen LogP contribution in [0.5, 0.6) is 0 Å². The highest BCUT2D eigenvalue weighted by molar-refractivity contribution is 7.85. The Balaban J connectivity index is 2.50. The third-order valence-corrected chi connectivity index (χ3v) is 5.15. The molecule has 152 valence electrons. The molecule has 1 aromatic carbocycles. The molecule has 2 rings (SSSR count). The average Bonchev–Trinajstić information content (AvgIpc) is 2.96. The molecule has 0 aliphatic carbocycles. The number of aromatic nitrogens is 2. The lowest BCUT2D eigenvalue weighted by molar-refractivity contribution is -0.144. The van der Waals surface area contributed by atoms with E-state index in [0.29, 0.717) is 10.7 Å². The van der Waals surface area contributed by atoms with Gasteiger partial charge in [0.2, 0.25) is 0 Å². The van der Waals surface area contributed by atoms with Crippen molar-refractivity contribution in [3.8, 4) is 17.3 Å². The van der Waals surface area contributed by atoms with Gasteiger partial charge in [0.25, 0.3) is 0 Å². The summed E-state index contributed by atoms with van der Waals surface area (Å²) >= 11 is 0. The van der Waals surface area contributed by atoms with Gasteiger partial charge in [0.15, 0.2) is 0 Å². The molecule has 0 amide bonds. The zero-order valence-corrected chi connectivity index (χ0v) is 15.0. The highest BCUT2D eigenvalue weighted by atomic mass is 32.2. The van der Waals surface area contributed by atoms with Gasteiger partial charge in [-0.05, 0) is 30.7 Å². The van der Waals surface area contributed by atoms with Crippen molar-refractivity contribution in [2.24, 2.45) is 0 Å². The molecule has 1 atom stereocenters. The Kier molecular flexibility index (Phi) is 6.18. The number of hydrogen-bond acceptors (Lipinski definition) is 3. The summed E-state index contributed by atoms with van der Waals surface area (Å²) in [6, 6.07) is 3.81. The zero-order valence-electron chi connectivity index (χ0n) is 14.2. The number of rotatable bonds is 5. The molecular formula is C16H12F7N3OS. The van der Waals surface area contributed by atoms with Crippen molar-refractivity contribution in [3.05, 3.63) is 35.3 Å². The number of aryl methyl sites for hydroxylation is 1. The molecule has 1 aromatic heterocycles. The van der Waals surface area contributed by atoms with Crippen LogP contribution in [0.1, 0.15) is 17.7 Å². The topological polar surface area (TPSA) is 58.7 Å². The molecule has 12 heteroatoms. The maximum Gasteiger partial charge on any atom is 0.433 e. The van der Waals surface area contributed by atoms with E-state index >= 15 is 0 Å². The van der Waals surface area contributed by atoms with Crippen LogP contribution in [0.25, 0.3) is 11.3 Å². The summed E-state index contributed by atoms with van der Waals surface area (Å²) < 4.78 is 103. The Morgan fingerprint density at radius 1 is 1.18 bits per heavy atom. The molecule has 0 spiro atoms. The standard InChI is InChI=1S/C16H12F7N3OS/c1-9-6-11(17)10(7-13(9)28(27)5-2-15(18,19)20)12-8-14(16(21,22)23)26(25-12)4-3-24/h6-8H,2,4-5H2,1H3. The van der Waals surface area contributed by atoms with E-state index in [1.165, 1.54) is 13.0 Å². The Morgan fingerprint density at radius 3 is 2.36 bits per heavy atom. The number of nitriles is 1. The van der Waals surface area contributed by atoms with Gasteiger partial charge in [0.05, 0.1) is 29.0 Å². The van der Waals surface area contributed by atoms with E-state index in [4.69, 9.17) is 5.26 Å². The minimum atomic E-state index is -4.86. The highest BCUT2D eigenvalue weighted by Crippen LogP contribution is 2.34. The van der Waals surface area contributed by atoms with Gasteiger partial charge in [-0.1, -0.05) is 0 Å². The van der Waals surface area contributed by atoms with Gasteiger partial charge >= 0.3 is 12.4 Å². The quantitative estimate of drug-likeness (QED) is 0.656. The molecule has 28 heavy (non-hydrogen) atoms. The Labute approximate surface area is 157 Å². The van der Waals surface area contributed by atoms with Crippen molar-refractivity contribution in [1.29, 1.82) is 5.26 Å². The van der Waals surface area contributed by atoms with Gasteiger partial charge < -0.3 is 0 Å². The normalized spacial score (nSPS) is 13.4. The summed E-state index contributed by atoms with van der Waals surface area (Å²) in [5.41, 5.74) is -2.13. The van der Waals surface area contributed by atoms with E-state index < -0.39 is 64.6 Å². The highest BCUT2D eigenvalue weighted by Gasteiger charge is 2.36. The summed E-state index contributed by atoms with van der Waals surface area (Å²) in [5, 5.41) is 12.2. The molecule has 4 nitrogen and oxygen atoms in total. The zero-order chi connectivity index (χ0) is 21.3. The van der Waals surface area contributed by atoms with Crippen LogP contribution >= 0.6 is 0 Å².